The molecular weight excluding hydrogens is 406 g/mol. The minimum Gasteiger partial charge on any atom is -0.456 e. The maximum Gasteiger partial charge on any atom is 0.260 e. The number of aromatic amines is 1. The van der Waals surface area contributed by atoms with Gasteiger partial charge in [-0.3, -0.25) is 14.8 Å². The van der Waals surface area contributed by atoms with Crippen LogP contribution in [-0.4, -0.2) is 56.0 Å². The van der Waals surface area contributed by atoms with Crippen molar-refractivity contribution in [2.45, 2.75) is 31.2 Å². The number of rotatable bonds is 6. The number of H-pyrrole nitrogens is 1. The van der Waals surface area contributed by atoms with Crippen molar-refractivity contribution in [1.29, 1.82) is 0 Å². The Kier molecular flexibility index (Phi) is 5.90. The van der Waals surface area contributed by atoms with Crippen LogP contribution in [0, 0.1) is 0 Å². The number of ether oxygens (including phenoxy) is 1. The Hall–Kier alpha value is -3.40. The topological polar surface area (TPSA) is 96.0 Å². The maximum absolute atomic E-state index is 14.4. The number of para-hydroxylation sites is 1. The standard InChI is InChI=1S/C21H22F2N6O2/c1-14(29-10-9-21(22,23)17(12-29)19-25-13-26-28-19)20(30)27-18-8-7-16(11-24-18)31-15-5-3-2-4-6-15/h2-8,11,13-14,17H,9-10,12H2,1H3,(H,24,27,30)(H,25,26,28). The molecule has 1 fully saturated rings. The lowest BCUT2D eigenvalue weighted by atomic mass is 9.92. The van der Waals surface area contributed by atoms with Crippen LogP contribution in [0.4, 0.5) is 14.6 Å². The highest BCUT2D eigenvalue weighted by atomic mass is 19.3. The van der Waals surface area contributed by atoms with Crippen molar-refractivity contribution in [2.24, 2.45) is 0 Å². The van der Waals surface area contributed by atoms with Crippen LogP contribution in [0.25, 0.3) is 0 Å². The molecule has 0 bridgehead atoms. The van der Waals surface area contributed by atoms with Gasteiger partial charge in [-0.25, -0.2) is 18.7 Å². The first-order chi connectivity index (χ1) is 14.9. The van der Waals surface area contributed by atoms with Crippen molar-refractivity contribution in [3.8, 4) is 11.5 Å². The molecule has 2 aromatic heterocycles. The molecule has 0 spiro atoms. The van der Waals surface area contributed by atoms with Gasteiger partial charge in [0.25, 0.3) is 5.92 Å². The summed E-state index contributed by atoms with van der Waals surface area (Å²) in [5, 5.41) is 8.92. The van der Waals surface area contributed by atoms with E-state index in [2.05, 4.69) is 25.5 Å². The minimum absolute atomic E-state index is 0.00589. The molecule has 4 rings (SSSR count). The number of halogens is 2. The van der Waals surface area contributed by atoms with Crippen molar-refractivity contribution in [1.82, 2.24) is 25.1 Å². The van der Waals surface area contributed by atoms with E-state index < -0.39 is 17.9 Å². The molecule has 10 heteroatoms. The van der Waals surface area contributed by atoms with Crippen LogP contribution < -0.4 is 10.1 Å². The lowest BCUT2D eigenvalue weighted by Crippen LogP contribution is -2.52. The normalized spacial score (nSPS) is 19.5. The van der Waals surface area contributed by atoms with E-state index in [1.807, 2.05) is 30.3 Å². The lowest BCUT2D eigenvalue weighted by Gasteiger charge is -2.39. The van der Waals surface area contributed by atoms with E-state index in [1.54, 1.807) is 24.0 Å². The van der Waals surface area contributed by atoms with E-state index in [-0.39, 0.29) is 31.2 Å². The molecule has 1 aromatic carbocycles. The lowest BCUT2D eigenvalue weighted by molar-refractivity contribution is -0.126. The summed E-state index contributed by atoms with van der Waals surface area (Å²) in [7, 11) is 0. The van der Waals surface area contributed by atoms with Crippen LogP contribution in [0.3, 0.4) is 0 Å². The Morgan fingerprint density at radius 3 is 2.71 bits per heavy atom. The highest BCUT2D eigenvalue weighted by Crippen LogP contribution is 2.39. The number of piperidine rings is 1. The molecule has 2 atom stereocenters. The number of hydrogen-bond donors (Lipinski definition) is 2. The fraction of sp³-hybridized carbons (Fsp3) is 0.333. The van der Waals surface area contributed by atoms with Gasteiger partial charge in [0.15, 0.2) is 0 Å². The summed E-state index contributed by atoms with van der Waals surface area (Å²) < 4.78 is 34.4. The summed E-state index contributed by atoms with van der Waals surface area (Å²) in [6, 6.07) is 12.0. The van der Waals surface area contributed by atoms with Gasteiger partial charge in [0.05, 0.1) is 18.2 Å². The zero-order valence-electron chi connectivity index (χ0n) is 16.8. The molecule has 8 nitrogen and oxygen atoms in total. The molecule has 2 unspecified atom stereocenters. The predicted molar refractivity (Wildman–Crippen MR) is 109 cm³/mol. The second-order valence-corrected chi connectivity index (χ2v) is 7.39. The van der Waals surface area contributed by atoms with Crippen molar-refractivity contribution in [3.63, 3.8) is 0 Å². The van der Waals surface area contributed by atoms with Crippen LogP contribution >= 0.6 is 0 Å². The van der Waals surface area contributed by atoms with Gasteiger partial charge < -0.3 is 10.1 Å². The van der Waals surface area contributed by atoms with E-state index in [9.17, 15) is 13.6 Å². The third-order valence-electron chi connectivity index (χ3n) is 5.32. The zero-order valence-corrected chi connectivity index (χ0v) is 16.8. The average Bonchev–Trinajstić information content (AvgIpc) is 3.30. The molecule has 0 radical (unpaired) electrons. The molecule has 31 heavy (non-hydrogen) atoms. The monoisotopic (exact) mass is 428 g/mol. The van der Waals surface area contributed by atoms with Gasteiger partial charge in [-0.2, -0.15) is 5.10 Å². The number of benzene rings is 1. The summed E-state index contributed by atoms with van der Waals surface area (Å²) in [6.45, 7) is 1.78. The molecule has 1 aliphatic heterocycles. The molecule has 162 valence electrons. The van der Waals surface area contributed by atoms with E-state index in [0.29, 0.717) is 17.3 Å². The van der Waals surface area contributed by atoms with Crippen LogP contribution in [-0.2, 0) is 4.79 Å². The van der Waals surface area contributed by atoms with E-state index in [4.69, 9.17) is 4.74 Å². The summed E-state index contributed by atoms with van der Waals surface area (Å²) in [6.07, 6.45) is 2.35. The van der Waals surface area contributed by atoms with Crippen molar-refractivity contribution >= 4 is 11.7 Å². The molecule has 0 saturated carbocycles. The van der Waals surface area contributed by atoms with E-state index in [0.717, 1.165) is 0 Å². The van der Waals surface area contributed by atoms with Gasteiger partial charge in [0.2, 0.25) is 5.91 Å². The summed E-state index contributed by atoms with van der Waals surface area (Å²) >= 11 is 0. The number of carbonyl (C=O) groups is 1. The number of anilines is 1. The molecule has 3 aromatic rings. The Morgan fingerprint density at radius 1 is 1.23 bits per heavy atom. The highest BCUT2D eigenvalue weighted by molar-refractivity contribution is 5.93. The molecule has 3 heterocycles. The van der Waals surface area contributed by atoms with Gasteiger partial charge in [-0.05, 0) is 31.2 Å². The predicted octanol–water partition coefficient (Wildman–Crippen LogP) is 3.44. The van der Waals surface area contributed by atoms with Crippen molar-refractivity contribution in [3.05, 3.63) is 60.8 Å². The first-order valence-electron chi connectivity index (χ1n) is 9.89. The van der Waals surface area contributed by atoms with Crippen LogP contribution in [0.1, 0.15) is 25.1 Å². The first kappa shape index (κ1) is 20.9. The van der Waals surface area contributed by atoms with Crippen molar-refractivity contribution in [2.75, 3.05) is 18.4 Å². The summed E-state index contributed by atoms with van der Waals surface area (Å²) in [4.78, 5) is 22.5. The number of alkyl halides is 2. The molecule has 1 aliphatic rings. The van der Waals surface area contributed by atoms with Gasteiger partial charge >= 0.3 is 0 Å². The second kappa shape index (κ2) is 8.76. The Bertz CT molecular complexity index is 998. The van der Waals surface area contributed by atoms with E-state index in [1.165, 1.54) is 12.5 Å². The number of hydrogen-bond acceptors (Lipinski definition) is 6. The Balaban J connectivity index is 1.37. The highest BCUT2D eigenvalue weighted by Gasteiger charge is 2.47. The summed E-state index contributed by atoms with van der Waals surface area (Å²) in [5.74, 6) is -2.70. The fourth-order valence-corrected chi connectivity index (χ4v) is 3.48. The number of amides is 1. The van der Waals surface area contributed by atoms with Gasteiger partial charge in [-0.1, -0.05) is 18.2 Å². The molecule has 1 saturated heterocycles. The molecular formula is C21H22F2N6O2. The van der Waals surface area contributed by atoms with Crippen LogP contribution in [0.15, 0.2) is 55.0 Å². The maximum atomic E-state index is 14.4. The fourth-order valence-electron chi connectivity index (χ4n) is 3.48. The van der Waals surface area contributed by atoms with Crippen molar-refractivity contribution < 1.29 is 18.3 Å². The number of pyridine rings is 1. The third-order valence-corrected chi connectivity index (χ3v) is 5.32. The largest absolute Gasteiger partial charge is 0.456 e. The van der Waals surface area contributed by atoms with E-state index >= 15 is 0 Å². The third kappa shape index (κ3) is 4.85. The zero-order chi connectivity index (χ0) is 21.8. The number of aromatic nitrogens is 4. The Morgan fingerprint density at radius 2 is 2.03 bits per heavy atom. The number of nitrogens with zero attached hydrogens (tertiary/aromatic N) is 4. The molecule has 2 N–H and O–H groups in total. The van der Waals surface area contributed by atoms with Crippen LogP contribution in [0.2, 0.25) is 0 Å². The quantitative estimate of drug-likeness (QED) is 0.624. The SMILES string of the molecule is CC(C(=O)Nc1ccc(Oc2ccccc2)cn1)N1CCC(F)(F)C(c2ncn[nH]2)C1. The van der Waals surface area contributed by atoms with Gasteiger partial charge in [0, 0.05) is 19.5 Å². The molecule has 1 amide bonds. The minimum atomic E-state index is -2.91. The smallest absolute Gasteiger partial charge is 0.260 e. The number of nitrogens with one attached hydrogen (secondary N) is 2. The molecule has 0 aliphatic carbocycles. The number of carbonyl (C=O) groups excluding carboxylic acids is 1. The summed E-state index contributed by atoms with van der Waals surface area (Å²) in [5.41, 5.74) is 0. The van der Waals surface area contributed by atoms with Crippen LogP contribution in [0.5, 0.6) is 11.5 Å². The van der Waals surface area contributed by atoms with Gasteiger partial charge in [-0.15, -0.1) is 0 Å². The average molecular weight is 428 g/mol. The number of likely N-dealkylation sites (tertiary alicyclic amines) is 1. The Labute approximate surface area is 177 Å². The first-order valence-corrected chi connectivity index (χ1v) is 9.89. The van der Waals surface area contributed by atoms with Gasteiger partial charge in [0.1, 0.15) is 29.5 Å². The second-order valence-electron chi connectivity index (χ2n) is 7.39.